The Morgan fingerprint density at radius 3 is 3.05 bits per heavy atom. The molecule has 3 rings (SSSR count). The second-order valence-electron chi connectivity index (χ2n) is 5.32. The molecule has 5 heteroatoms. The first-order chi connectivity index (χ1) is 10.3. The molecule has 1 aliphatic rings. The van der Waals surface area contributed by atoms with E-state index in [1.807, 2.05) is 43.7 Å². The molecule has 0 radical (unpaired) electrons. The predicted octanol–water partition coefficient (Wildman–Crippen LogP) is 2.58. The summed E-state index contributed by atoms with van der Waals surface area (Å²) in [5.74, 6) is -0.0378. The average molecular weight is 284 g/mol. The largest absolute Gasteiger partial charge is 0.379 e. The predicted molar refractivity (Wildman–Crippen MR) is 82.3 cm³/mol. The number of carbonyl (C=O) groups is 1. The number of aromatic nitrogens is 2. The van der Waals surface area contributed by atoms with Gasteiger partial charge in [-0.15, -0.1) is 0 Å². The smallest absolute Gasteiger partial charge is 0.251 e. The fourth-order valence-electron chi connectivity index (χ4n) is 2.38. The van der Waals surface area contributed by atoms with Crippen LogP contribution in [0.5, 0.6) is 0 Å². The number of imidazole rings is 1. The summed E-state index contributed by atoms with van der Waals surface area (Å²) in [5, 5.41) is 6.18. The van der Waals surface area contributed by atoms with Gasteiger partial charge in [0.1, 0.15) is 0 Å². The van der Waals surface area contributed by atoms with Crippen LogP contribution in [0.2, 0.25) is 0 Å². The maximum Gasteiger partial charge on any atom is 0.251 e. The van der Waals surface area contributed by atoms with E-state index in [1.165, 1.54) is 18.5 Å². The van der Waals surface area contributed by atoms with E-state index in [4.69, 9.17) is 0 Å². The zero-order valence-electron chi connectivity index (χ0n) is 12.2. The normalized spacial score (nSPS) is 14.0. The van der Waals surface area contributed by atoms with Gasteiger partial charge in [0, 0.05) is 30.0 Å². The lowest BCUT2D eigenvalue weighted by Gasteiger charge is -2.10. The third-order valence-corrected chi connectivity index (χ3v) is 3.62. The van der Waals surface area contributed by atoms with E-state index in [1.54, 1.807) is 0 Å². The van der Waals surface area contributed by atoms with Gasteiger partial charge >= 0.3 is 0 Å². The summed E-state index contributed by atoms with van der Waals surface area (Å²) in [4.78, 5) is 16.1. The summed E-state index contributed by atoms with van der Waals surface area (Å²) in [6, 6.07) is 8.20. The molecule has 0 atom stereocenters. The molecule has 1 heterocycles. The summed E-state index contributed by atoms with van der Waals surface area (Å²) in [7, 11) is 0. The molecule has 5 nitrogen and oxygen atoms in total. The van der Waals surface area contributed by atoms with Crippen molar-refractivity contribution >= 4 is 11.6 Å². The van der Waals surface area contributed by atoms with E-state index in [2.05, 4.69) is 20.2 Å². The van der Waals surface area contributed by atoms with Crippen LogP contribution in [-0.2, 0) is 6.54 Å². The van der Waals surface area contributed by atoms with Crippen molar-refractivity contribution in [1.82, 2.24) is 14.9 Å². The molecule has 0 unspecified atom stereocenters. The third kappa shape index (κ3) is 3.24. The molecule has 21 heavy (non-hydrogen) atoms. The van der Waals surface area contributed by atoms with E-state index in [0.717, 1.165) is 12.2 Å². The first-order valence-electron chi connectivity index (χ1n) is 7.40. The van der Waals surface area contributed by atoms with Crippen molar-refractivity contribution < 1.29 is 4.79 Å². The molecule has 0 saturated heterocycles. The molecule has 1 aromatic carbocycles. The highest BCUT2D eigenvalue weighted by Crippen LogP contribution is 2.35. The quantitative estimate of drug-likeness (QED) is 0.857. The van der Waals surface area contributed by atoms with Gasteiger partial charge in [0.15, 0.2) is 0 Å². The van der Waals surface area contributed by atoms with Gasteiger partial charge in [-0.25, -0.2) is 4.98 Å². The molecule has 0 aliphatic heterocycles. The number of nitrogens with zero attached hydrogens (tertiary/aromatic N) is 2. The molecule has 1 amide bonds. The number of nitrogens with one attached hydrogen (secondary N) is 2. The Morgan fingerprint density at radius 1 is 1.43 bits per heavy atom. The highest BCUT2D eigenvalue weighted by molar-refractivity contribution is 5.95. The Labute approximate surface area is 124 Å². The zero-order chi connectivity index (χ0) is 14.7. The van der Waals surface area contributed by atoms with Crippen molar-refractivity contribution in [2.75, 3.05) is 11.9 Å². The minimum absolute atomic E-state index is 0.0378. The van der Waals surface area contributed by atoms with Gasteiger partial charge in [-0.3, -0.25) is 4.79 Å². The van der Waals surface area contributed by atoms with Crippen LogP contribution < -0.4 is 10.6 Å². The van der Waals surface area contributed by atoms with Gasteiger partial charge in [0.05, 0.1) is 18.6 Å². The lowest BCUT2D eigenvalue weighted by atomic mass is 10.2. The fraction of sp³-hybridized carbons (Fsp3) is 0.375. The fourth-order valence-corrected chi connectivity index (χ4v) is 2.38. The average Bonchev–Trinajstić information content (AvgIpc) is 3.24. The van der Waals surface area contributed by atoms with Gasteiger partial charge in [0.2, 0.25) is 0 Å². The van der Waals surface area contributed by atoms with E-state index >= 15 is 0 Å². The number of anilines is 1. The summed E-state index contributed by atoms with van der Waals surface area (Å²) in [6.07, 6.45) is 6.30. The Bertz CT molecular complexity index is 631. The molecule has 1 fully saturated rings. The molecular weight excluding hydrogens is 264 g/mol. The second kappa shape index (κ2) is 5.99. The summed E-state index contributed by atoms with van der Waals surface area (Å²) in [5.41, 5.74) is 2.81. The van der Waals surface area contributed by atoms with Crippen LogP contribution in [0.25, 0.3) is 0 Å². The Hall–Kier alpha value is -2.30. The van der Waals surface area contributed by atoms with E-state index < -0.39 is 0 Å². The van der Waals surface area contributed by atoms with E-state index in [0.29, 0.717) is 18.2 Å². The number of benzene rings is 1. The summed E-state index contributed by atoms with van der Waals surface area (Å²) in [6.45, 7) is 3.27. The van der Waals surface area contributed by atoms with Crippen molar-refractivity contribution in [2.45, 2.75) is 32.4 Å². The Kier molecular flexibility index (Phi) is 3.90. The molecule has 1 aromatic heterocycles. The van der Waals surface area contributed by atoms with Crippen LogP contribution >= 0.6 is 0 Å². The molecule has 1 saturated carbocycles. The van der Waals surface area contributed by atoms with Gasteiger partial charge in [-0.1, -0.05) is 6.07 Å². The highest BCUT2D eigenvalue weighted by atomic mass is 16.1. The number of carbonyl (C=O) groups excluding carboxylic acids is 1. The van der Waals surface area contributed by atoms with Crippen molar-refractivity contribution in [2.24, 2.45) is 0 Å². The van der Waals surface area contributed by atoms with Gasteiger partial charge in [-0.05, 0) is 38.0 Å². The summed E-state index contributed by atoms with van der Waals surface area (Å²) < 4.78 is 2.24. The van der Waals surface area contributed by atoms with Gasteiger partial charge in [-0.2, -0.15) is 0 Å². The van der Waals surface area contributed by atoms with Crippen molar-refractivity contribution in [3.05, 3.63) is 48.0 Å². The van der Waals surface area contributed by atoms with Crippen molar-refractivity contribution in [1.29, 1.82) is 0 Å². The summed E-state index contributed by atoms with van der Waals surface area (Å²) >= 11 is 0. The van der Waals surface area contributed by atoms with E-state index in [-0.39, 0.29) is 5.91 Å². The SMILES string of the molecule is CCNC(=O)c1cccc(NCc2cncn2C2CC2)c1. The van der Waals surface area contributed by atoms with Crippen LogP contribution in [-0.4, -0.2) is 22.0 Å². The molecule has 110 valence electrons. The van der Waals surface area contributed by atoms with E-state index in [9.17, 15) is 4.79 Å². The first kappa shape index (κ1) is 13.7. The van der Waals surface area contributed by atoms with Crippen molar-refractivity contribution in [3.63, 3.8) is 0 Å². The van der Waals surface area contributed by atoms with Gasteiger partial charge < -0.3 is 15.2 Å². The minimum Gasteiger partial charge on any atom is -0.379 e. The maximum atomic E-state index is 11.8. The van der Waals surface area contributed by atoms with Crippen LogP contribution in [0, 0.1) is 0 Å². The molecule has 0 spiro atoms. The third-order valence-electron chi connectivity index (χ3n) is 3.62. The second-order valence-corrected chi connectivity index (χ2v) is 5.32. The Balaban J connectivity index is 1.66. The molecule has 2 aromatic rings. The number of hydrogen-bond acceptors (Lipinski definition) is 3. The minimum atomic E-state index is -0.0378. The molecule has 1 aliphatic carbocycles. The van der Waals surface area contributed by atoms with Crippen LogP contribution in [0.4, 0.5) is 5.69 Å². The molecular formula is C16H20N4O. The highest BCUT2D eigenvalue weighted by Gasteiger charge is 2.24. The zero-order valence-corrected chi connectivity index (χ0v) is 12.2. The van der Waals surface area contributed by atoms with Crippen LogP contribution in [0.1, 0.15) is 41.9 Å². The van der Waals surface area contributed by atoms with Gasteiger partial charge in [0.25, 0.3) is 5.91 Å². The standard InChI is InChI=1S/C16H20N4O/c1-2-18-16(21)12-4-3-5-13(8-12)19-10-15-9-17-11-20(15)14-6-7-14/h3-5,8-9,11,14,19H,2,6-7,10H2,1H3,(H,18,21). The van der Waals surface area contributed by atoms with Crippen LogP contribution in [0.15, 0.2) is 36.8 Å². The molecule has 2 N–H and O–H groups in total. The Morgan fingerprint density at radius 2 is 2.29 bits per heavy atom. The maximum absolute atomic E-state index is 11.8. The number of hydrogen-bond donors (Lipinski definition) is 2. The first-order valence-corrected chi connectivity index (χ1v) is 7.40. The topological polar surface area (TPSA) is 59.0 Å². The lowest BCUT2D eigenvalue weighted by molar-refractivity contribution is 0.0956. The number of rotatable bonds is 6. The molecule has 0 bridgehead atoms. The lowest BCUT2D eigenvalue weighted by Crippen LogP contribution is -2.22. The van der Waals surface area contributed by atoms with Crippen molar-refractivity contribution in [3.8, 4) is 0 Å². The monoisotopic (exact) mass is 284 g/mol. The van der Waals surface area contributed by atoms with Crippen LogP contribution in [0.3, 0.4) is 0 Å². The number of amides is 1.